The molecule has 6 heterocycles. The van der Waals surface area contributed by atoms with Gasteiger partial charge in [0, 0.05) is 112 Å². The highest BCUT2D eigenvalue weighted by atomic mass is 19.1. The minimum Gasteiger partial charge on any atom is -0.507 e. The van der Waals surface area contributed by atoms with Crippen molar-refractivity contribution >= 4 is 45.9 Å². The minimum atomic E-state index is -1.36. The number of nitrogens with one attached hydrogen (secondary N) is 1. The lowest BCUT2D eigenvalue weighted by molar-refractivity contribution is -0.120. The number of amides is 4. The highest BCUT2D eigenvalue weighted by Crippen LogP contribution is 2.37. The van der Waals surface area contributed by atoms with Crippen LogP contribution in [0.4, 0.5) is 26.4 Å². The number of ether oxygens (including phenoxy) is 1. The zero-order valence-electron chi connectivity index (χ0n) is 34.6. The topological polar surface area (TPSA) is 162 Å². The summed E-state index contributed by atoms with van der Waals surface area (Å²) in [7, 11) is 0. The average Bonchev–Trinajstić information content (AvgIpc) is 3.70. The number of rotatable bonds is 8. The summed E-state index contributed by atoms with van der Waals surface area (Å²) in [6, 6.07) is 20.6. The molecule has 4 amide bonds. The van der Waals surface area contributed by atoms with Crippen molar-refractivity contribution in [2.24, 2.45) is 0 Å². The molecule has 9 rings (SSSR count). The molecule has 1 atom stereocenters. The molecule has 0 radical (unpaired) electrons. The van der Waals surface area contributed by atoms with E-state index >= 15 is 4.39 Å². The number of likely N-dealkylation sites (tertiary alicyclic amines) is 2. The van der Waals surface area contributed by atoms with Crippen molar-refractivity contribution in [1.29, 1.82) is 0 Å². The van der Waals surface area contributed by atoms with Crippen LogP contribution < -0.4 is 20.9 Å². The van der Waals surface area contributed by atoms with Crippen molar-refractivity contribution in [2.75, 3.05) is 74.5 Å². The summed E-state index contributed by atoms with van der Waals surface area (Å²) in [5, 5.41) is 22.3. The van der Waals surface area contributed by atoms with Gasteiger partial charge in [-0.3, -0.25) is 19.8 Å². The number of fused-ring (bicyclic) bond motifs is 1. The zero-order valence-corrected chi connectivity index (χ0v) is 34.6. The second kappa shape index (κ2) is 16.4. The number of carbonyl (C=O) groups excluding carboxylic acids is 3. The molecule has 2 aromatic heterocycles. The third-order valence-corrected chi connectivity index (χ3v) is 13.1. The maximum Gasteiger partial charge on any atom is 0.328 e. The summed E-state index contributed by atoms with van der Waals surface area (Å²) >= 11 is 0. The van der Waals surface area contributed by atoms with E-state index in [0.717, 1.165) is 59.2 Å². The molecule has 5 aromatic rings. The highest BCUT2D eigenvalue weighted by molar-refractivity contribution is 6.07. The lowest BCUT2D eigenvalue weighted by Crippen LogP contribution is -2.51. The molecular formula is C46H52FN9O5. The number of hydrogen-bond acceptors (Lipinski definition) is 10. The largest absolute Gasteiger partial charge is 0.507 e. The first kappa shape index (κ1) is 40.4. The van der Waals surface area contributed by atoms with E-state index in [1.807, 2.05) is 50.2 Å². The summed E-state index contributed by atoms with van der Waals surface area (Å²) < 4.78 is 24.9. The standard InChI is InChI=1S/C46H52FN9O5/c1-29-25-31(7-8-33(29)41-27-54(23-24-61-41)39-26-36(50-51-43(39)48)35-5-3-4-6-40(35)57)44(59)53-21-15-46(47,16-22-53)28-52-17-11-32(12-18-52)55-19-13-34-30(2)37(9-10-38(34)55)56-20-14-42(58)49-45(56)60/h3-10,13,19,25-26,32,41,57H,11-12,14-18,20-24,27-28H2,1-2H3,(H2,48,51)(H,49,58,60)/t41-/m0/s1. The number of aromatic nitrogens is 3. The average molecular weight is 830 g/mol. The normalized spacial score (nSPS) is 20.3. The van der Waals surface area contributed by atoms with Gasteiger partial charge in [-0.2, -0.15) is 0 Å². The summed E-state index contributed by atoms with van der Waals surface area (Å²) in [6.07, 6.45) is 4.53. The number of benzene rings is 3. The van der Waals surface area contributed by atoms with E-state index in [9.17, 15) is 19.5 Å². The highest BCUT2D eigenvalue weighted by Gasteiger charge is 2.39. The smallest absolute Gasteiger partial charge is 0.328 e. The number of anilines is 3. The molecule has 4 fully saturated rings. The Labute approximate surface area is 354 Å². The molecule has 4 aliphatic rings. The summed E-state index contributed by atoms with van der Waals surface area (Å²) in [6.45, 7) is 8.62. The molecule has 4 N–H and O–H groups in total. The lowest BCUT2D eigenvalue weighted by Gasteiger charge is -2.41. The molecule has 4 saturated heterocycles. The number of alkyl halides is 1. The van der Waals surface area contributed by atoms with Crippen LogP contribution in [0, 0.1) is 13.8 Å². The van der Waals surface area contributed by atoms with Crippen LogP contribution in [0.15, 0.2) is 72.9 Å². The van der Waals surface area contributed by atoms with Crippen LogP contribution in [0.25, 0.3) is 22.2 Å². The van der Waals surface area contributed by atoms with Gasteiger partial charge in [0.15, 0.2) is 5.82 Å². The van der Waals surface area contributed by atoms with E-state index in [1.165, 1.54) is 0 Å². The van der Waals surface area contributed by atoms with Gasteiger partial charge in [0.1, 0.15) is 17.5 Å². The van der Waals surface area contributed by atoms with Gasteiger partial charge in [-0.15, -0.1) is 10.2 Å². The fourth-order valence-corrected chi connectivity index (χ4v) is 9.68. The lowest BCUT2D eigenvalue weighted by atomic mass is 9.91. The fourth-order valence-electron chi connectivity index (χ4n) is 9.68. The minimum absolute atomic E-state index is 0.0911. The van der Waals surface area contributed by atoms with E-state index in [2.05, 4.69) is 48.2 Å². The van der Waals surface area contributed by atoms with Gasteiger partial charge < -0.3 is 34.8 Å². The number of aromatic hydroxyl groups is 1. The Hall–Kier alpha value is -6.06. The molecule has 0 spiro atoms. The first-order valence-corrected chi connectivity index (χ1v) is 21.3. The maximum absolute atomic E-state index is 16.4. The maximum atomic E-state index is 16.4. The van der Waals surface area contributed by atoms with E-state index < -0.39 is 5.67 Å². The number of para-hydroxylation sites is 1. The van der Waals surface area contributed by atoms with Crippen LogP contribution >= 0.6 is 0 Å². The van der Waals surface area contributed by atoms with Crippen molar-refractivity contribution in [3.05, 3.63) is 95.2 Å². The number of nitrogens with zero attached hydrogens (tertiary/aromatic N) is 7. The Morgan fingerprint density at radius 1 is 0.951 bits per heavy atom. The fraction of sp³-hybridized carbons (Fsp3) is 0.413. The first-order valence-electron chi connectivity index (χ1n) is 21.3. The summed E-state index contributed by atoms with van der Waals surface area (Å²) in [4.78, 5) is 45.7. The van der Waals surface area contributed by atoms with Gasteiger partial charge in [-0.05, 0) is 91.9 Å². The van der Waals surface area contributed by atoms with Crippen molar-refractivity contribution in [3.63, 3.8) is 0 Å². The molecule has 318 valence electrons. The van der Waals surface area contributed by atoms with Crippen LogP contribution in [0.3, 0.4) is 0 Å². The van der Waals surface area contributed by atoms with Gasteiger partial charge in [0.25, 0.3) is 5.91 Å². The van der Waals surface area contributed by atoms with Gasteiger partial charge >= 0.3 is 6.03 Å². The second-order valence-corrected chi connectivity index (χ2v) is 17.0. The molecule has 0 aliphatic carbocycles. The van der Waals surface area contributed by atoms with Gasteiger partial charge in [0.05, 0.1) is 18.0 Å². The Bertz CT molecular complexity index is 2490. The van der Waals surface area contributed by atoms with E-state index in [0.29, 0.717) is 87.0 Å². The Kier molecular flexibility index (Phi) is 10.9. The molecule has 0 unspecified atom stereocenters. The van der Waals surface area contributed by atoms with Crippen molar-refractivity contribution in [1.82, 2.24) is 29.9 Å². The second-order valence-electron chi connectivity index (χ2n) is 17.0. The molecule has 15 heteroatoms. The van der Waals surface area contributed by atoms with Crippen LogP contribution in [0.1, 0.15) is 71.3 Å². The number of nitrogen functional groups attached to an aromatic ring is 1. The summed E-state index contributed by atoms with van der Waals surface area (Å²) in [5.74, 6) is 0.0665. The molecule has 3 aromatic carbocycles. The van der Waals surface area contributed by atoms with E-state index in [-0.39, 0.29) is 42.2 Å². The number of hydrogen-bond donors (Lipinski definition) is 3. The van der Waals surface area contributed by atoms with E-state index in [4.69, 9.17) is 10.5 Å². The van der Waals surface area contributed by atoms with Crippen molar-refractivity contribution in [2.45, 2.75) is 63.8 Å². The molecular weight excluding hydrogens is 778 g/mol. The number of nitrogens with two attached hydrogens (primary N) is 1. The Balaban J connectivity index is 0.780. The van der Waals surface area contributed by atoms with Gasteiger partial charge in [0.2, 0.25) is 5.91 Å². The van der Waals surface area contributed by atoms with Crippen LogP contribution in [-0.2, 0) is 9.53 Å². The molecule has 61 heavy (non-hydrogen) atoms. The molecule has 4 aliphatic heterocycles. The Morgan fingerprint density at radius 3 is 2.49 bits per heavy atom. The van der Waals surface area contributed by atoms with Crippen LogP contribution in [-0.4, -0.2) is 112 Å². The number of aryl methyl sites for hydroxylation is 2. The predicted molar refractivity (Wildman–Crippen MR) is 231 cm³/mol. The number of carbonyl (C=O) groups is 3. The third kappa shape index (κ3) is 7.99. The Morgan fingerprint density at radius 2 is 1.74 bits per heavy atom. The van der Waals surface area contributed by atoms with Crippen LogP contribution in [0.2, 0.25) is 0 Å². The third-order valence-electron chi connectivity index (χ3n) is 13.1. The quantitative estimate of drug-likeness (QED) is 0.162. The van der Waals surface area contributed by atoms with Crippen molar-refractivity contribution in [3.8, 4) is 17.0 Å². The number of phenolic OH excluding ortho intramolecular Hbond substituents is 1. The number of piperidine rings is 2. The van der Waals surface area contributed by atoms with Crippen LogP contribution in [0.5, 0.6) is 5.75 Å². The predicted octanol–water partition coefficient (Wildman–Crippen LogP) is 6.31. The number of imide groups is 1. The van der Waals surface area contributed by atoms with Gasteiger partial charge in [-0.25, -0.2) is 9.18 Å². The number of morpholine rings is 1. The molecule has 14 nitrogen and oxygen atoms in total. The van der Waals surface area contributed by atoms with E-state index in [1.54, 1.807) is 28.0 Å². The van der Waals surface area contributed by atoms with Gasteiger partial charge in [-0.1, -0.05) is 18.2 Å². The SMILES string of the molecule is Cc1cc(C(=O)N2CCC(F)(CN3CCC(n4ccc5c(C)c(N6CCC(=O)NC6=O)ccc54)CC3)CC2)ccc1[C@@H]1CN(c2cc(-c3ccccc3O)nnc2N)CCO1. The number of halogens is 1. The molecule has 0 bridgehead atoms. The monoisotopic (exact) mass is 829 g/mol. The molecule has 0 saturated carbocycles. The number of phenols is 1. The number of urea groups is 1. The summed E-state index contributed by atoms with van der Waals surface area (Å²) in [5.41, 5.74) is 12.2. The first-order chi connectivity index (χ1) is 29.4. The zero-order chi connectivity index (χ0) is 42.4. The van der Waals surface area contributed by atoms with Crippen molar-refractivity contribution < 1.29 is 28.6 Å².